The zero-order valence-electron chi connectivity index (χ0n) is 18.1. The number of aromatic nitrogens is 5. The van der Waals surface area contributed by atoms with E-state index in [1.54, 1.807) is 6.07 Å². The predicted octanol–water partition coefficient (Wildman–Crippen LogP) is 1.91. The van der Waals surface area contributed by atoms with E-state index in [0.29, 0.717) is 17.9 Å². The highest BCUT2D eigenvalue weighted by Crippen LogP contribution is 2.37. The normalized spacial score (nSPS) is 21.5. The van der Waals surface area contributed by atoms with Gasteiger partial charge in [0.05, 0.1) is 26.0 Å². The molecule has 0 aliphatic carbocycles. The molecule has 11 nitrogen and oxygen atoms in total. The van der Waals surface area contributed by atoms with Crippen LogP contribution in [-0.2, 0) is 26.9 Å². The topological polar surface area (TPSA) is 112 Å². The molecule has 1 aromatic carbocycles. The van der Waals surface area contributed by atoms with Crippen LogP contribution in [0, 0.1) is 5.82 Å². The summed E-state index contributed by atoms with van der Waals surface area (Å²) in [5.74, 6) is -0.592. The van der Waals surface area contributed by atoms with Gasteiger partial charge in [-0.3, -0.25) is 4.68 Å². The number of halogens is 4. The third kappa shape index (κ3) is 4.90. The van der Waals surface area contributed by atoms with Crippen LogP contribution in [0.5, 0.6) is 0 Å². The third-order valence-corrected chi connectivity index (χ3v) is 5.43. The summed E-state index contributed by atoms with van der Waals surface area (Å²) in [4.78, 5) is 13.1. The van der Waals surface area contributed by atoms with Gasteiger partial charge in [0.15, 0.2) is 17.7 Å². The molecule has 0 bridgehead atoms. The van der Waals surface area contributed by atoms with Gasteiger partial charge in [-0.25, -0.2) is 13.9 Å². The highest BCUT2D eigenvalue weighted by Gasteiger charge is 2.51. The lowest BCUT2D eigenvalue weighted by molar-refractivity contribution is -0.141. The van der Waals surface area contributed by atoms with Crippen molar-refractivity contribution in [1.29, 1.82) is 0 Å². The maximum absolute atomic E-state index is 15.0. The van der Waals surface area contributed by atoms with Gasteiger partial charge in [0.25, 0.3) is 0 Å². The number of alkyl halides is 3. The zero-order valence-corrected chi connectivity index (χ0v) is 18.1. The molecule has 0 radical (unpaired) electrons. The molecule has 15 heteroatoms. The van der Waals surface area contributed by atoms with Gasteiger partial charge >= 0.3 is 12.3 Å². The largest absolute Gasteiger partial charge is 0.453 e. The first kappa shape index (κ1) is 23.0. The second-order valence-electron chi connectivity index (χ2n) is 7.86. The summed E-state index contributed by atoms with van der Waals surface area (Å²) >= 11 is 0. The SMILES string of the molecule is COC(=O)NC[C@H]1CN(c2ccc(-n3cc(Cn4ccc(C(F)(F)F)n4)nn3)c(F)c2)C2OC2O1. The molecule has 1 amide bonds. The van der Waals surface area contributed by atoms with Gasteiger partial charge in [0.2, 0.25) is 6.29 Å². The van der Waals surface area contributed by atoms with Crippen LogP contribution < -0.4 is 10.2 Å². The number of carbonyl (C=O) groups excluding carboxylic acids is 1. The number of benzene rings is 1. The second kappa shape index (κ2) is 8.81. The molecule has 2 saturated heterocycles. The number of nitrogens with one attached hydrogen (secondary N) is 1. The minimum absolute atomic E-state index is 0.0645. The van der Waals surface area contributed by atoms with E-state index >= 15 is 0 Å². The van der Waals surface area contributed by atoms with E-state index in [0.717, 1.165) is 10.7 Å². The van der Waals surface area contributed by atoms with E-state index in [2.05, 4.69) is 25.5 Å². The maximum Gasteiger partial charge on any atom is 0.435 e. The Bertz CT molecular complexity index is 1230. The van der Waals surface area contributed by atoms with Crippen LogP contribution in [-0.4, -0.2) is 69.7 Å². The Hall–Kier alpha value is -3.72. The molecule has 2 aromatic heterocycles. The Morgan fingerprint density at radius 3 is 2.83 bits per heavy atom. The summed E-state index contributed by atoms with van der Waals surface area (Å²) in [6.45, 7) is 0.477. The van der Waals surface area contributed by atoms with E-state index < -0.39 is 36.2 Å². The number of ether oxygens (including phenoxy) is 3. The molecular formula is C20H19F4N7O4. The molecule has 0 saturated carbocycles. The number of alkyl carbamates (subject to hydrolysis) is 1. The van der Waals surface area contributed by atoms with Gasteiger partial charge in [0, 0.05) is 25.0 Å². The number of anilines is 1. The van der Waals surface area contributed by atoms with E-state index in [-0.39, 0.29) is 25.0 Å². The fourth-order valence-electron chi connectivity index (χ4n) is 3.72. The zero-order chi connectivity index (χ0) is 24.7. The van der Waals surface area contributed by atoms with Gasteiger partial charge in [-0.05, 0) is 24.3 Å². The van der Waals surface area contributed by atoms with Crippen molar-refractivity contribution in [2.45, 2.75) is 31.3 Å². The molecular weight excluding hydrogens is 478 g/mol. The monoisotopic (exact) mass is 497 g/mol. The summed E-state index contributed by atoms with van der Waals surface area (Å²) in [6.07, 6.45) is -3.76. The Kier molecular flexibility index (Phi) is 5.80. The van der Waals surface area contributed by atoms with Gasteiger partial charge in [0.1, 0.15) is 11.4 Å². The average Bonchev–Trinajstić information content (AvgIpc) is 3.20. The molecule has 5 rings (SSSR count). The standard InChI is InChI=1S/C20H19F4N7O4/c1-33-19(32)25-7-13-10-30(17-18(34-13)35-17)12-2-3-15(14(21)6-12)31-9-11(26-28-31)8-29-5-4-16(27-29)20(22,23)24/h2-6,9,13,17-18H,7-8,10H2,1H3,(H,25,32)/t13-,17?,18?/m0/s1. The van der Waals surface area contributed by atoms with Crippen LogP contribution in [0.15, 0.2) is 36.7 Å². The Balaban J connectivity index is 1.27. The second-order valence-corrected chi connectivity index (χ2v) is 7.86. The minimum atomic E-state index is -4.54. The molecule has 4 heterocycles. The Morgan fingerprint density at radius 1 is 1.29 bits per heavy atom. The molecule has 186 valence electrons. The van der Waals surface area contributed by atoms with Crippen LogP contribution in [0.1, 0.15) is 11.4 Å². The van der Waals surface area contributed by atoms with E-state index in [9.17, 15) is 22.4 Å². The number of rotatable bonds is 6. The van der Waals surface area contributed by atoms with Crippen LogP contribution in [0.25, 0.3) is 5.69 Å². The number of hydrogen-bond acceptors (Lipinski definition) is 8. The van der Waals surface area contributed by atoms with Crippen molar-refractivity contribution in [2.75, 3.05) is 25.1 Å². The molecule has 1 N–H and O–H groups in total. The average molecular weight is 497 g/mol. The van der Waals surface area contributed by atoms with Crippen molar-refractivity contribution in [2.24, 2.45) is 0 Å². The van der Waals surface area contributed by atoms with Crippen LogP contribution in [0.2, 0.25) is 0 Å². The lowest BCUT2D eigenvalue weighted by Gasteiger charge is -2.31. The lowest BCUT2D eigenvalue weighted by Crippen LogP contribution is -2.47. The maximum atomic E-state index is 15.0. The number of nitrogens with zero attached hydrogens (tertiary/aromatic N) is 6. The number of fused-ring (bicyclic) bond motifs is 1. The summed E-state index contributed by atoms with van der Waals surface area (Å²) in [6, 6.07) is 5.36. The quantitative estimate of drug-likeness (QED) is 0.406. The number of amides is 1. The van der Waals surface area contributed by atoms with Crippen molar-refractivity contribution in [3.8, 4) is 5.69 Å². The highest BCUT2D eigenvalue weighted by molar-refractivity contribution is 5.66. The smallest absolute Gasteiger partial charge is 0.435 e. The third-order valence-electron chi connectivity index (χ3n) is 5.43. The molecule has 3 atom stereocenters. The number of carbonyl (C=O) groups is 1. The minimum Gasteiger partial charge on any atom is -0.453 e. The van der Waals surface area contributed by atoms with Crippen molar-refractivity contribution in [3.63, 3.8) is 0 Å². The van der Waals surface area contributed by atoms with Crippen molar-refractivity contribution in [1.82, 2.24) is 30.1 Å². The summed E-state index contributed by atoms with van der Waals surface area (Å²) in [5.41, 5.74) is -0.0652. The molecule has 2 aliphatic rings. The molecule has 2 unspecified atom stereocenters. The Labute approximate surface area is 195 Å². The van der Waals surface area contributed by atoms with Crippen molar-refractivity contribution in [3.05, 3.63) is 53.9 Å². The lowest BCUT2D eigenvalue weighted by atomic mass is 10.2. The van der Waals surface area contributed by atoms with Crippen LogP contribution in [0.3, 0.4) is 0 Å². The van der Waals surface area contributed by atoms with Crippen LogP contribution >= 0.6 is 0 Å². The first-order valence-electron chi connectivity index (χ1n) is 10.4. The van der Waals surface area contributed by atoms with E-state index in [1.165, 1.54) is 36.3 Å². The van der Waals surface area contributed by atoms with E-state index in [1.807, 2.05) is 4.90 Å². The number of methoxy groups -OCH3 is 1. The summed E-state index contributed by atoms with van der Waals surface area (Å²) in [5, 5.41) is 13.8. The molecule has 2 aliphatic heterocycles. The first-order valence-corrected chi connectivity index (χ1v) is 10.4. The molecule has 2 fully saturated rings. The van der Waals surface area contributed by atoms with Gasteiger partial charge in [-0.15, -0.1) is 5.10 Å². The Morgan fingerprint density at radius 2 is 2.11 bits per heavy atom. The van der Waals surface area contributed by atoms with Crippen molar-refractivity contribution >= 4 is 11.8 Å². The van der Waals surface area contributed by atoms with Crippen LogP contribution in [0.4, 0.5) is 28.0 Å². The number of morpholine rings is 1. The highest BCUT2D eigenvalue weighted by atomic mass is 19.4. The number of epoxide rings is 1. The summed E-state index contributed by atoms with van der Waals surface area (Å²) in [7, 11) is 1.26. The molecule has 3 aromatic rings. The number of hydrogen-bond donors (Lipinski definition) is 1. The fourth-order valence-corrected chi connectivity index (χ4v) is 3.72. The fraction of sp³-hybridized carbons (Fsp3) is 0.400. The van der Waals surface area contributed by atoms with Gasteiger partial charge in [-0.1, -0.05) is 5.21 Å². The van der Waals surface area contributed by atoms with Crippen molar-refractivity contribution < 1.29 is 36.6 Å². The van der Waals surface area contributed by atoms with Gasteiger partial charge < -0.3 is 24.4 Å². The van der Waals surface area contributed by atoms with E-state index in [4.69, 9.17) is 9.47 Å². The predicted molar refractivity (Wildman–Crippen MR) is 109 cm³/mol. The van der Waals surface area contributed by atoms with Gasteiger partial charge in [-0.2, -0.15) is 18.3 Å². The summed E-state index contributed by atoms with van der Waals surface area (Å²) < 4.78 is 71.1. The molecule has 0 spiro atoms. The first-order chi connectivity index (χ1) is 16.7. The molecule has 35 heavy (non-hydrogen) atoms.